The monoisotopic (exact) mass is 363 g/mol. The molecule has 0 saturated carbocycles. The lowest BCUT2D eigenvalue weighted by Crippen LogP contribution is -2.37. The number of likely N-dealkylation sites (tertiary alicyclic amines) is 1. The summed E-state index contributed by atoms with van der Waals surface area (Å²) in [5, 5.41) is 2.95. The van der Waals surface area contributed by atoms with Crippen molar-refractivity contribution in [3.8, 4) is 0 Å². The lowest BCUT2D eigenvalue weighted by atomic mass is 10.1. The first kappa shape index (κ1) is 17.2. The first-order valence-electron chi connectivity index (χ1n) is 9.00. The number of benzene rings is 1. The van der Waals surface area contributed by atoms with E-state index in [-0.39, 0.29) is 17.9 Å². The smallest absolute Gasteiger partial charge is 0.253 e. The number of hydrogen-bond donors (Lipinski definition) is 1. The fourth-order valence-corrected chi connectivity index (χ4v) is 3.40. The van der Waals surface area contributed by atoms with Gasteiger partial charge in [0.05, 0.1) is 17.9 Å². The molecule has 1 fully saturated rings. The molecule has 2 amide bonds. The normalized spacial score (nSPS) is 16.9. The zero-order valence-electron chi connectivity index (χ0n) is 15.1. The van der Waals surface area contributed by atoms with E-state index < -0.39 is 0 Å². The van der Waals surface area contributed by atoms with E-state index in [2.05, 4.69) is 27.4 Å². The zero-order valence-corrected chi connectivity index (χ0v) is 15.1. The first-order chi connectivity index (χ1) is 13.1. The highest BCUT2D eigenvalue weighted by molar-refractivity contribution is 5.97. The van der Waals surface area contributed by atoms with E-state index in [1.54, 1.807) is 23.2 Å². The number of imidazole rings is 1. The Morgan fingerprint density at radius 3 is 2.89 bits per heavy atom. The van der Waals surface area contributed by atoms with Crippen LogP contribution in [0.1, 0.15) is 22.3 Å². The van der Waals surface area contributed by atoms with E-state index in [4.69, 9.17) is 0 Å². The molecule has 1 aliphatic heterocycles. The molecule has 0 bridgehead atoms. The zero-order chi connectivity index (χ0) is 18.8. The average Bonchev–Trinajstić information content (AvgIpc) is 3.22. The highest BCUT2D eigenvalue weighted by atomic mass is 16.2. The van der Waals surface area contributed by atoms with Gasteiger partial charge >= 0.3 is 0 Å². The van der Waals surface area contributed by atoms with Gasteiger partial charge in [-0.1, -0.05) is 30.3 Å². The van der Waals surface area contributed by atoms with E-state index >= 15 is 0 Å². The maximum atomic E-state index is 12.5. The second-order valence-electron chi connectivity index (χ2n) is 6.87. The van der Waals surface area contributed by atoms with Crippen molar-refractivity contribution < 1.29 is 9.59 Å². The van der Waals surface area contributed by atoms with Gasteiger partial charge in [-0.25, -0.2) is 9.97 Å². The van der Waals surface area contributed by atoms with Crippen molar-refractivity contribution in [1.29, 1.82) is 0 Å². The van der Waals surface area contributed by atoms with Crippen LogP contribution in [0.2, 0.25) is 0 Å². The summed E-state index contributed by atoms with van der Waals surface area (Å²) in [6.07, 6.45) is 4.36. The molecule has 2 aromatic heterocycles. The van der Waals surface area contributed by atoms with Gasteiger partial charge in [0.25, 0.3) is 5.91 Å². The number of amides is 2. The van der Waals surface area contributed by atoms with Crippen LogP contribution in [0, 0.1) is 0 Å². The predicted molar refractivity (Wildman–Crippen MR) is 101 cm³/mol. The number of nitrogens with zero attached hydrogens (tertiary/aromatic N) is 4. The standard InChI is InChI=1S/C20H21N5O2/c1-24-13-22-17-9-15(11-21-19(17)24)20(27)23-16-10-18(26)25(12-16)8-7-14-5-3-2-4-6-14/h2-6,9,11,13,16H,7-8,10,12H2,1H3,(H,23,27). The summed E-state index contributed by atoms with van der Waals surface area (Å²) in [5.74, 6) is -0.146. The Morgan fingerprint density at radius 1 is 1.26 bits per heavy atom. The van der Waals surface area contributed by atoms with Crippen LogP contribution >= 0.6 is 0 Å². The van der Waals surface area contributed by atoms with Gasteiger partial charge in [0.1, 0.15) is 5.52 Å². The summed E-state index contributed by atoms with van der Waals surface area (Å²) in [6.45, 7) is 1.20. The van der Waals surface area contributed by atoms with E-state index in [1.807, 2.05) is 30.1 Å². The van der Waals surface area contributed by atoms with Crippen molar-refractivity contribution in [3.63, 3.8) is 0 Å². The minimum Gasteiger partial charge on any atom is -0.347 e. The number of rotatable bonds is 5. The van der Waals surface area contributed by atoms with Gasteiger partial charge in [-0.15, -0.1) is 0 Å². The molecule has 4 rings (SSSR count). The van der Waals surface area contributed by atoms with Crippen LogP contribution in [0.5, 0.6) is 0 Å². The quantitative estimate of drug-likeness (QED) is 0.746. The third-order valence-electron chi connectivity index (χ3n) is 4.88. The number of aryl methyl sites for hydroxylation is 1. The van der Waals surface area contributed by atoms with Crippen molar-refractivity contribution in [2.75, 3.05) is 13.1 Å². The maximum Gasteiger partial charge on any atom is 0.253 e. The number of hydrogen-bond acceptors (Lipinski definition) is 4. The van der Waals surface area contributed by atoms with Crippen LogP contribution in [0.15, 0.2) is 48.9 Å². The summed E-state index contributed by atoms with van der Waals surface area (Å²) in [6, 6.07) is 11.6. The molecule has 0 radical (unpaired) electrons. The molecule has 1 N–H and O–H groups in total. The van der Waals surface area contributed by atoms with Crippen LogP contribution in [-0.2, 0) is 18.3 Å². The molecule has 1 atom stereocenters. The van der Waals surface area contributed by atoms with Crippen LogP contribution in [-0.4, -0.2) is 50.4 Å². The Morgan fingerprint density at radius 2 is 2.07 bits per heavy atom. The van der Waals surface area contributed by atoms with Crippen molar-refractivity contribution in [1.82, 2.24) is 24.8 Å². The number of carbonyl (C=O) groups excluding carboxylic acids is 2. The van der Waals surface area contributed by atoms with E-state index in [0.29, 0.717) is 30.6 Å². The van der Waals surface area contributed by atoms with Gasteiger partial charge in [0, 0.05) is 32.8 Å². The highest BCUT2D eigenvalue weighted by Crippen LogP contribution is 2.15. The van der Waals surface area contributed by atoms with Crippen LogP contribution in [0.4, 0.5) is 0 Å². The lowest BCUT2D eigenvalue weighted by Gasteiger charge is -2.17. The Kier molecular flexibility index (Phi) is 4.58. The first-order valence-corrected chi connectivity index (χ1v) is 9.00. The molecule has 1 aromatic carbocycles. The molecule has 3 heterocycles. The maximum absolute atomic E-state index is 12.5. The minimum absolute atomic E-state index is 0.0783. The summed E-state index contributed by atoms with van der Waals surface area (Å²) < 4.78 is 1.80. The van der Waals surface area contributed by atoms with Crippen LogP contribution in [0.25, 0.3) is 11.2 Å². The summed E-state index contributed by atoms with van der Waals surface area (Å²) in [5.41, 5.74) is 3.07. The van der Waals surface area contributed by atoms with Crippen LogP contribution < -0.4 is 5.32 Å². The molecule has 7 nitrogen and oxygen atoms in total. The van der Waals surface area contributed by atoms with E-state index in [0.717, 1.165) is 12.1 Å². The van der Waals surface area contributed by atoms with Crippen molar-refractivity contribution in [3.05, 3.63) is 60.0 Å². The summed E-state index contributed by atoms with van der Waals surface area (Å²) in [4.78, 5) is 35.1. The fraction of sp³-hybridized carbons (Fsp3) is 0.300. The largest absolute Gasteiger partial charge is 0.347 e. The SMILES string of the molecule is Cn1cnc2cc(C(=O)NC3CC(=O)N(CCc4ccccc4)C3)cnc21. The molecule has 1 saturated heterocycles. The molecular weight excluding hydrogens is 342 g/mol. The van der Waals surface area contributed by atoms with E-state index in [9.17, 15) is 9.59 Å². The number of nitrogens with one attached hydrogen (secondary N) is 1. The highest BCUT2D eigenvalue weighted by Gasteiger charge is 2.30. The molecule has 0 spiro atoms. The molecule has 138 valence electrons. The Bertz CT molecular complexity index is 982. The van der Waals surface area contributed by atoms with Gasteiger partial charge in [-0.2, -0.15) is 0 Å². The number of pyridine rings is 1. The minimum atomic E-state index is -0.224. The third-order valence-corrected chi connectivity index (χ3v) is 4.88. The molecule has 3 aromatic rings. The second kappa shape index (κ2) is 7.19. The summed E-state index contributed by atoms with van der Waals surface area (Å²) >= 11 is 0. The fourth-order valence-electron chi connectivity index (χ4n) is 3.40. The van der Waals surface area contributed by atoms with Crippen molar-refractivity contribution in [2.45, 2.75) is 18.9 Å². The number of fused-ring (bicyclic) bond motifs is 1. The van der Waals surface area contributed by atoms with E-state index in [1.165, 1.54) is 5.56 Å². The molecule has 1 unspecified atom stereocenters. The second-order valence-corrected chi connectivity index (χ2v) is 6.87. The predicted octanol–water partition coefficient (Wildman–Crippen LogP) is 1.54. The Balaban J connectivity index is 1.36. The van der Waals surface area contributed by atoms with Gasteiger partial charge in [-0.3, -0.25) is 9.59 Å². The van der Waals surface area contributed by atoms with Gasteiger partial charge in [0.15, 0.2) is 5.65 Å². The number of carbonyl (C=O) groups is 2. The molecule has 7 heteroatoms. The van der Waals surface area contributed by atoms with Gasteiger partial charge < -0.3 is 14.8 Å². The van der Waals surface area contributed by atoms with Gasteiger partial charge in [-0.05, 0) is 18.1 Å². The van der Waals surface area contributed by atoms with Crippen LogP contribution in [0.3, 0.4) is 0 Å². The molecular formula is C20H21N5O2. The molecule has 1 aliphatic rings. The topological polar surface area (TPSA) is 80.1 Å². The van der Waals surface area contributed by atoms with Crippen molar-refractivity contribution in [2.24, 2.45) is 7.05 Å². The van der Waals surface area contributed by atoms with Crippen molar-refractivity contribution >= 4 is 23.0 Å². The molecule has 0 aliphatic carbocycles. The third kappa shape index (κ3) is 3.67. The Hall–Kier alpha value is -3.22. The number of aromatic nitrogens is 3. The summed E-state index contributed by atoms with van der Waals surface area (Å²) in [7, 11) is 1.86. The molecule has 27 heavy (non-hydrogen) atoms. The lowest BCUT2D eigenvalue weighted by molar-refractivity contribution is -0.127. The average molecular weight is 363 g/mol. The van der Waals surface area contributed by atoms with Gasteiger partial charge in [0.2, 0.25) is 5.91 Å². The Labute approximate surface area is 157 Å².